The third kappa shape index (κ3) is 5.79. The number of rotatable bonds is 6. The number of hydrogen-bond donors (Lipinski definition) is 1. The van der Waals surface area contributed by atoms with E-state index >= 15 is 0 Å². The molecule has 0 radical (unpaired) electrons. The lowest BCUT2D eigenvalue weighted by molar-refractivity contribution is -0.113. The first-order valence-corrected chi connectivity index (χ1v) is 12.3. The normalized spacial score (nSPS) is 13.8. The third-order valence-corrected chi connectivity index (χ3v) is 7.23. The van der Waals surface area contributed by atoms with Crippen LogP contribution in [-0.2, 0) is 4.79 Å². The van der Waals surface area contributed by atoms with Crippen LogP contribution in [0.4, 0.5) is 11.4 Å². The number of hydrogen-bond acceptors (Lipinski definition) is 7. The maximum absolute atomic E-state index is 12.7. The SMILES string of the molecule is Cc1nnc(SCC(=O)Nc2ccc(N3CCN(C(=O)c4ccc(Cl)cc4)CC3)cc2)s1. The second-order valence-corrected chi connectivity index (χ2v) is 10.1. The van der Waals surface area contributed by atoms with E-state index in [1.807, 2.05) is 36.1 Å². The number of aromatic nitrogens is 2. The summed E-state index contributed by atoms with van der Waals surface area (Å²) in [5, 5.41) is 12.4. The van der Waals surface area contributed by atoms with Crippen molar-refractivity contribution in [1.82, 2.24) is 15.1 Å². The molecule has 4 rings (SSSR count). The van der Waals surface area contributed by atoms with Crippen molar-refractivity contribution in [2.75, 3.05) is 42.1 Å². The molecular weight excluding hydrogens is 466 g/mol. The molecule has 0 aliphatic carbocycles. The van der Waals surface area contributed by atoms with Crippen molar-refractivity contribution >= 4 is 57.9 Å². The van der Waals surface area contributed by atoms with Gasteiger partial charge in [0.1, 0.15) is 5.01 Å². The van der Waals surface area contributed by atoms with Gasteiger partial charge in [0, 0.05) is 48.1 Å². The molecule has 2 aromatic carbocycles. The summed E-state index contributed by atoms with van der Waals surface area (Å²) in [5.41, 5.74) is 2.48. The third-order valence-electron chi connectivity index (χ3n) is 5.01. The molecule has 7 nitrogen and oxygen atoms in total. The highest BCUT2D eigenvalue weighted by Gasteiger charge is 2.22. The second kappa shape index (κ2) is 10.3. The van der Waals surface area contributed by atoms with E-state index in [2.05, 4.69) is 20.4 Å². The minimum absolute atomic E-state index is 0.0286. The Morgan fingerprint density at radius 1 is 1.03 bits per heavy atom. The van der Waals surface area contributed by atoms with Crippen molar-refractivity contribution in [2.45, 2.75) is 11.3 Å². The number of amides is 2. The highest BCUT2D eigenvalue weighted by atomic mass is 35.5. The van der Waals surface area contributed by atoms with Gasteiger partial charge >= 0.3 is 0 Å². The summed E-state index contributed by atoms with van der Waals surface area (Å²) in [6, 6.07) is 14.8. The van der Waals surface area contributed by atoms with Crippen molar-refractivity contribution in [3.63, 3.8) is 0 Å². The molecular formula is C22H22ClN5O2S2. The average molecular weight is 488 g/mol. The zero-order valence-corrected chi connectivity index (χ0v) is 19.8. The maximum atomic E-state index is 12.7. The van der Waals surface area contributed by atoms with Gasteiger partial charge in [-0.3, -0.25) is 9.59 Å². The highest BCUT2D eigenvalue weighted by Crippen LogP contribution is 2.23. The Bertz CT molecular complexity index is 1080. The van der Waals surface area contributed by atoms with E-state index in [0.717, 1.165) is 33.8 Å². The van der Waals surface area contributed by atoms with Crippen LogP contribution in [-0.4, -0.2) is 58.8 Å². The average Bonchev–Trinajstić information content (AvgIpc) is 3.23. The van der Waals surface area contributed by atoms with E-state index in [1.165, 1.54) is 23.1 Å². The van der Waals surface area contributed by atoms with Crippen LogP contribution < -0.4 is 10.2 Å². The summed E-state index contributed by atoms with van der Waals surface area (Å²) >= 11 is 8.77. The molecule has 1 fully saturated rings. The van der Waals surface area contributed by atoms with E-state index < -0.39 is 0 Å². The fourth-order valence-corrected chi connectivity index (χ4v) is 5.10. The Morgan fingerprint density at radius 3 is 2.34 bits per heavy atom. The maximum Gasteiger partial charge on any atom is 0.253 e. The van der Waals surface area contributed by atoms with Crippen LogP contribution in [0.15, 0.2) is 52.9 Å². The molecule has 1 aromatic heterocycles. The number of carbonyl (C=O) groups excluding carboxylic acids is 2. The number of halogens is 1. The Labute approximate surface area is 199 Å². The first-order valence-electron chi connectivity index (χ1n) is 10.1. The molecule has 0 atom stereocenters. The summed E-state index contributed by atoms with van der Waals surface area (Å²) in [6.45, 7) is 4.71. The highest BCUT2D eigenvalue weighted by molar-refractivity contribution is 8.01. The van der Waals surface area contributed by atoms with E-state index in [1.54, 1.807) is 24.3 Å². The molecule has 32 heavy (non-hydrogen) atoms. The number of carbonyl (C=O) groups is 2. The van der Waals surface area contributed by atoms with Gasteiger partial charge in [0.2, 0.25) is 5.91 Å². The fourth-order valence-electron chi connectivity index (χ4n) is 3.36. The molecule has 166 valence electrons. The van der Waals surface area contributed by atoms with Crippen LogP contribution in [0.25, 0.3) is 0 Å². The van der Waals surface area contributed by atoms with Gasteiger partial charge in [-0.05, 0) is 55.5 Å². The molecule has 1 saturated heterocycles. The van der Waals surface area contributed by atoms with Gasteiger partial charge in [0.15, 0.2) is 4.34 Å². The van der Waals surface area contributed by atoms with E-state index in [0.29, 0.717) is 29.4 Å². The summed E-state index contributed by atoms with van der Waals surface area (Å²) in [4.78, 5) is 29.0. The Hall–Kier alpha value is -2.62. The molecule has 2 heterocycles. The molecule has 0 saturated carbocycles. The van der Waals surface area contributed by atoms with Crippen molar-refractivity contribution in [3.8, 4) is 0 Å². The Kier molecular flexibility index (Phi) is 7.29. The van der Waals surface area contributed by atoms with Gasteiger partial charge in [0.25, 0.3) is 5.91 Å². The van der Waals surface area contributed by atoms with Gasteiger partial charge in [-0.2, -0.15) is 0 Å². The number of aryl methyl sites for hydroxylation is 1. The summed E-state index contributed by atoms with van der Waals surface area (Å²) < 4.78 is 0.793. The monoisotopic (exact) mass is 487 g/mol. The number of piperazine rings is 1. The van der Waals surface area contributed by atoms with Crippen LogP contribution in [0.3, 0.4) is 0 Å². The molecule has 1 aliphatic rings. The van der Waals surface area contributed by atoms with Crippen LogP contribution in [0.1, 0.15) is 15.4 Å². The van der Waals surface area contributed by atoms with Crippen molar-refractivity contribution < 1.29 is 9.59 Å². The summed E-state index contributed by atoms with van der Waals surface area (Å²) in [7, 11) is 0. The van der Waals surface area contributed by atoms with E-state index in [9.17, 15) is 9.59 Å². The number of nitrogens with zero attached hydrogens (tertiary/aromatic N) is 4. The Balaban J connectivity index is 1.26. The van der Waals surface area contributed by atoms with Crippen molar-refractivity contribution in [3.05, 3.63) is 64.1 Å². The first kappa shape index (κ1) is 22.6. The fraction of sp³-hybridized carbons (Fsp3) is 0.273. The van der Waals surface area contributed by atoms with Crippen LogP contribution in [0, 0.1) is 6.92 Å². The molecule has 0 spiro atoms. The quantitative estimate of drug-likeness (QED) is 0.525. The lowest BCUT2D eigenvalue weighted by Crippen LogP contribution is -2.48. The van der Waals surface area contributed by atoms with Gasteiger partial charge < -0.3 is 15.1 Å². The minimum atomic E-state index is -0.0788. The first-order chi connectivity index (χ1) is 15.5. The van der Waals surface area contributed by atoms with Gasteiger partial charge in [-0.1, -0.05) is 34.7 Å². The van der Waals surface area contributed by atoms with Crippen molar-refractivity contribution in [1.29, 1.82) is 0 Å². The zero-order chi connectivity index (χ0) is 22.5. The number of anilines is 2. The topological polar surface area (TPSA) is 78.4 Å². The van der Waals surface area contributed by atoms with E-state index in [-0.39, 0.29) is 11.8 Å². The molecule has 10 heteroatoms. The summed E-state index contributed by atoms with van der Waals surface area (Å²) in [5.74, 6) is 0.242. The van der Waals surface area contributed by atoms with E-state index in [4.69, 9.17) is 11.6 Å². The number of benzene rings is 2. The van der Waals surface area contributed by atoms with Gasteiger partial charge in [-0.15, -0.1) is 10.2 Å². The predicted molar refractivity (Wildman–Crippen MR) is 130 cm³/mol. The molecule has 3 aromatic rings. The van der Waals surface area contributed by atoms with Crippen LogP contribution >= 0.6 is 34.7 Å². The molecule has 1 N–H and O–H groups in total. The molecule has 1 aliphatic heterocycles. The standard InChI is InChI=1S/C22H22ClN5O2S2/c1-15-25-26-22(32-15)31-14-20(29)24-18-6-8-19(9-7-18)27-10-12-28(13-11-27)21(30)16-2-4-17(23)5-3-16/h2-9H,10-14H2,1H3,(H,24,29). The smallest absolute Gasteiger partial charge is 0.253 e. The number of thioether (sulfide) groups is 1. The van der Waals surface area contributed by atoms with Gasteiger partial charge in [-0.25, -0.2) is 0 Å². The number of nitrogens with one attached hydrogen (secondary N) is 1. The zero-order valence-electron chi connectivity index (χ0n) is 17.5. The Morgan fingerprint density at radius 2 is 1.72 bits per heavy atom. The van der Waals surface area contributed by atoms with Crippen molar-refractivity contribution in [2.24, 2.45) is 0 Å². The summed E-state index contributed by atoms with van der Waals surface area (Å²) in [6.07, 6.45) is 0. The molecule has 0 bridgehead atoms. The largest absolute Gasteiger partial charge is 0.368 e. The predicted octanol–water partition coefficient (Wildman–Crippen LogP) is 4.19. The lowest BCUT2D eigenvalue weighted by Gasteiger charge is -2.36. The second-order valence-electron chi connectivity index (χ2n) is 7.26. The molecule has 2 amide bonds. The molecule has 0 unspecified atom stereocenters. The van der Waals surface area contributed by atoms with Crippen LogP contribution in [0.2, 0.25) is 5.02 Å². The lowest BCUT2D eigenvalue weighted by atomic mass is 10.1. The van der Waals surface area contributed by atoms with Crippen LogP contribution in [0.5, 0.6) is 0 Å². The minimum Gasteiger partial charge on any atom is -0.368 e. The van der Waals surface area contributed by atoms with Gasteiger partial charge in [0.05, 0.1) is 5.75 Å².